The van der Waals surface area contributed by atoms with Crippen LogP contribution < -0.4 is 0 Å². The third-order valence-electron chi connectivity index (χ3n) is 3.05. The minimum absolute atomic E-state index is 0.653. The largest absolute Gasteiger partial charge is 0.399 e. The SMILES string of the molecule is CO/N=C(/C)[C@H]1C[C@@H]2C=C[C@H]1C2. The van der Waals surface area contributed by atoms with Gasteiger partial charge in [-0.2, -0.15) is 0 Å². The van der Waals surface area contributed by atoms with E-state index in [9.17, 15) is 0 Å². The summed E-state index contributed by atoms with van der Waals surface area (Å²) in [6.45, 7) is 2.07. The third kappa shape index (κ3) is 1.15. The van der Waals surface area contributed by atoms with Crippen LogP contribution >= 0.6 is 0 Å². The van der Waals surface area contributed by atoms with Crippen molar-refractivity contribution in [1.29, 1.82) is 0 Å². The quantitative estimate of drug-likeness (QED) is 0.349. The van der Waals surface area contributed by atoms with E-state index in [1.165, 1.54) is 12.8 Å². The van der Waals surface area contributed by atoms with Gasteiger partial charge < -0.3 is 4.84 Å². The van der Waals surface area contributed by atoms with Crippen molar-refractivity contribution in [3.63, 3.8) is 0 Å². The molecule has 1 saturated carbocycles. The van der Waals surface area contributed by atoms with E-state index in [2.05, 4.69) is 24.2 Å². The van der Waals surface area contributed by atoms with Gasteiger partial charge >= 0.3 is 0 Å². The van der Waals surface area contributed by atoms with E-state index in [1.54, 1.807) is 7.11 Å². The Morgan fingerprint density at radius 3 is 2.75 bits per heavy atom. The number of rotatable bonds is 2. The van der Waals surface area contributed by atoms with Crippen molar-refractivity contribution in [3.05, 3.63) is 12.2 Å². The molecule has 2 aliphatic rings. The molecular weight excluding hydrogens is 150 g/mol. The van der Waals surface area contributed by atoms with E-state index >= 15 is 0 Å². The molecule has 0 saturated heterocycles. The molecule has 66 valence electrons. The van der Waals surface area contributed by atoms with Gasteiger partial charge in [-0.15, -0.1) is 0 Å². The van der Waals surface area contributed by atoms with E-state index in [0.29, 0.717) is 5.92 Å². The number of hydrogen-bond donors (Lipinski definition) is 0. The molecule has 0 radical (unpaired) electrons. The molecular formula is C10H15NO. The molecule has 0 unspecified atom stereocenters. The first-order chi connectivity index (χ1) is 5.81. The molecule has 0 N–H and O–H groups in total. The summed E-state index contributed by atoms with van der Waals surface area (Å²) in [6.07, 6.45) is 7.30. The lowest BCUT2D eigenvalue weighted by molar-refractivity contribution is 0.210. The van der Waals surface area contributed by atoms with Gasteiger partial charge in [-0.25, -0.2) is 0 Å². The fourth-order valence-corrected chi connectivity index (χ4v) is 2.47. The highest BCUT2D eigenvalue weighted by molar-refractivity contribution is 5.85. The van der Waals surface area contributed by atoms with Crippen LogP contribution in [0.4, 0.5) is 0 Å². The first-order valence-corrected chi connectivity index (χ1v) is 4.57. The van der Waals surface area contributed by atoms with Gasteiger partial charge in [0.05, 0.1) is 5.71 Å². The Kier molecular flexibility index (Phi) is 1.91. The molecule has 0 amide bonds. The van der Waals surface area contributed by atoms with Crippen LogP contribution in [0.2, 0.25) is 0 Å². The second-order valence-electron chi connectivity index (χ2n) is 3.80. The highest BCUT2D eigenvalue weighted by Crippen LogP contribution is 2.43. The Labute approximate surface area is 73.3 Å². The predicted octanol–water partition coefficient (Wildman–Crippen LogP) is 2.22. The van der Waals surface area contributed by atoms with Crippen molar-refractivity contribution < 1.29 is 4.84 Å². The number of allylic oxidation sites excluding steroid dienone is 2. The van der Waals surface area contributed by atoms with Crippen LogP contribution in [-0.4, -0.2) is 12.8 Å². The average Bonchev–Trinajstić information content (AvgIpc) is 2.64. The normalized spacial score (nSPS) is 39.2. The topological polar surface area (TPSA) is 21.6 Å². The molecule has 2 heteroatoms. The Morgan fingerprint density at radius 1 is 1.42 bits per heavy atom. The fraction of sp³-hybridized carbons (Fsp3) is 0.700. The molecule has 0 aliphatic heterocycles. The van der Waals surface area contributed by atoms with E-state index in [4.69, 9.17) is 4.84 Å². The standard InChI is InChI=1S/C10H15NO/c1-7(11-12-2)10-6-8-3-4-9(10)5-8/h3-4,8-10H,5-6H2,1-2H3/b11-7-/t8-,9+,10-/m1/s1. The second-order valence-corrected chi connectivity index (χ2v) is 3.80. The van der Waals surface area contributed by atoms with Crippen LogP contribution in [0.3, 0.4) is 0 Å². The van der Waals surface area contributed by atoms with Gasteiger partial charge in [0.2, 0.25) is 0 Å². The zero-order valence-electron chi connectivity index (χ0n) is 7.66. The van der Waals surface area contributed by atoms with E-state index in [1.807, 2.05) is 0 Å². The van der Waals surface area contributed by atoms with E-state index in [-0.39, 0.29) is 0 Å². The lowest BCUT2D eigenvalue weighted by Gasteiger charge is -2.16. The van der Waals surface area contributed by atoms with Crippen LogP contribution in [0.5, 0.6) is 0 Å². The zero-order chi connectivity index (χ0) is 8.55. The number of fused-ring (bicyclic) bond motifs is 2. The maximum Gasteiger partial charge on any atom is 0.106 e. The summed E-state index contributed by atoms with van der Waals surface area (Å²) in [5.74, 6) is 2.22. The van der Waals surface area contributed by atoms with Crippen molar-refractivity contribution in [2.45, 2.75) is 19.8 Å². The number of hydrogen-bond acceptors (Lipinski definition) is 2. The summed E-state index contributed by atoms with van der Waals surface area (Å²) in [4.78, 5) is 4.79. The summed E-state index contributed by atoms with van der Waals surface area (Å²) in [6, 6.07) is 0. The molecule has 0 heterocycles. The lowest BCUT2D eigenvalue weighted by Crippen LogP contribution is -2.16. The van der Waals surface area contributed by atoms with E-state index < -0.39 is 0 Å². The molecule has 2 rings (SSSR count). The number of oxime groups is 1. The van der Waals surface area contributed by atoms with Crippen LogP contribution in [0.25, 0.3) is 0 Å². The Balaban J connectivity index is 2.07. The second kappa shape index (κ2) is 2.92. The Bertz CT molecular complexity index is 232. The minimum atomic E-state index is 0.653. The predicted molar refractivity (Wildman–Crippen MR) is 49.0 cm³/mol. The lowest BCUT2D eigenvalue weighted by atomic mass is 9.90. The third-order valence-corrected chi connectivity index (χ3v) is 3.05. The monoisotopic (exact) mass is 165 g/mol. The van der Waals surface area contributed by atoms with Gasteiger partial charge in [0.15, 0.2) is 0 Å². The van der Waals surface area contributed by atoms with Gasteiger partial charge in [-0.3, -0.25) is 0 Å². The average molecular weight is 165 g/mol. The summed E-state index contributed by atoms with van der Waals surface area (Å²) in [5, 5.41) is 4.01. The summed E-state index contributed by atoms with van der Waals surface area (Å²) in [7, 11) is 1.62. The minimum Gasteiger partial charge on any atom is -0.399 e. The van der Waals surface area contributed by atoms with Crippen LogP contribution in [0.15, 0.2) is 17.3 Å². The first kappa shape index (κ1) is 7.84. The summed E-state index contributed by atoms with van der Waals surface area (Å²) < 4.78 is 0. The molecule has 1 fully saturated rings. The van der Waals surface area contributed by atoms with Crippen molar-refractivity contribution >= 4 is 5.71 Å². The highest BCUT2D eigenvalue weighted by atomic mass is 16.6. The maximum atomic E-state index is 4.79. The summed E-state index contributed by atoms with van der Waals surface area (Å²) in [5.41, 5.74) is 1.16. The fourth-order valence-electron chi connectivity index (χ4n) is 2.47. The summed E-state index contributed by atoms with van der Waals surface area (Å²) >= 11 is 0. The molecule has 3 atom stereocenters. The molecule has 0 aromatic rings. The molecule has 0 aromatic heterocycles. The maximum absolute atomic E-state index is 4.79. The van der Waals surface area contributed by atoms with Gasteiger partial charge in [-0.1, -0.05) is 17.3 Å². The Morgan fingerprint density at radius 2 is 2.25 bits per heavy atom. The van der Waals surface area contributed by atoms with Crippen molar-refractivity contribution in [3.8, 4) is 0 Å². The molecule has 2 bridgehead atoms. The van der Waals surface area contributed by atoms with Crippen molar-refractivity contribution in [1.82, 2.24) is 0 Å². The number of nitrogens with zero attached hydrogens (tertiary/aromatic N) is 1. The smallest absolute Gasteiger partial charge is 0.106 e. The van der Waals surface area contributed by atoms with Gasteiger partial charge in [0.25, 0.3) is 0 Å². The molecule has 2 nitrogen and oxygen atoms in total. The first-order valence-electron chi connectivity index (χ1n) is 4.57. The van der Waals surface area contributed by atoms with Crippen LogP contribution in [0.1, 0.15) is 19.8 Å². The highest BCUT2D eigenvalue weighted by Gasteiger charge is 2.37. The van der Waals surface area contributed by atoms with Crippen molar-refractivity contribution in [2.75, 3.05) is 7.11 Å². The molecule has 0 aromatic carbocycles. The Hall–Kier alpha value is -0.790. The van der Waals surface area contributed by atoms with Gasteiger partial charge in [-0.05, 0) is 31.6 Å². The zero-order valence-corrected chi connectivity index (χ0v) is 7.66. The van der Waals surface area contributed by atoms with Gasteiger partial charge in [0, 0.05) is 5.92 Å². The molecule has 0 spiro atoms. The van der Waals surface area contributed by atoms with Crippen LogP contribution in [-0.2, 0) is 4.84 Å². The molecule has 12 heavy (non-hydrogen) atoms. The van der Waals surface area contributed by atoms with Crippen LogP contribution in [0, 0.1) is 17.8 Å². The van der Waals surface area contributed by atoms with Gasteiger partial charge in [0.1, 0.15) is 7.11 Å². The van der Waals surface area contributed by atoms with E-state index in [0.717, 1.165) is 17.5 Å². The van der Waals surface area contributed by atoms with Crippen molar-refractivity contribution in [2.24, 2.45) is 22.9 Å². The molecule has 2 aliphatic carbocycles.